The molecule has 1 heterocycles. The monoisotopic (exact) mass is 374 g/mol. The molecule has 6 heteroatoms. The maximum Gasteiger partial charge on any atom is 0.262 e. The number of rotatable bonds is 6. The predicted octanol–water partition coefficient (Wildman–Crippen LogP) is 4.27. The summed E-state index contributed by atoms with van der Waals surface area (Å²) in [5.41, 5.74) is 2.77. The Morgan fingerprint density at radius 3 is 2.65 bits per heavy atom. The third-order valence-electron chi connectivity index (χ3n) is 4.36. The quantitative estimate of drug-likeness (QED) is 0.820. The molecule has 2 aromatic rings. The highest BCUT2D eigenvalue weighted by Gasteiger charge is 2.17. The zero-order valence-electron chi connectivity index (χ0n) is 15.0. The number of ether oxygens (including phenoxy) is 2. The molecule has 1 aliphatic heterocycles. The second kappa shape index (κ2) is 8.32. The average molecular weight is 375 g/mol. The summed E-state index contributed by atoms with van der Waals surface area (Å²) in [6.45, 7) is 3.84. The maximum atomic E-state index is 12.4. The van der Waals surface area contributed by atoms with Crippen molar-refractivity contribution in [2.24, 2.45) is 0 Å². The van der Waals surface area contributed by atoms with Gasteiger partial charge < -0.3 is 19.7 Å². The fourth-order valence-corrected chi connectivity index (χ4v) is 3.24. The number of carbonyl (C=O) groups is 1. The van der Waals surface area contributed by atoms with E-state index in [9.17, 15) is 4.79 Å². The third kappa shape index (κ3) is 4.41. The van der Waals surface area contributed by atoms with Crippen molar-refractivity contribution < 1.29 is 14.3 Å². The van der Waals surface area contributed by atoms with Crippen LogP contribution in [0, 0.1) is 6.92 Å². The number of hydrogen-bond donors (Lipinski definition) is 1. The molecule has 0 spiro atoms. The lowest BCUT2D eigenvalue weighted by atomic mass is 10.2. The van der Waals surface area contributed by atoms with E-state index >= 15 is 0 Å². The van der Waals surface area contributed by atoms with E-state index in [1.54, 1.807) is 19.2 Å². The number of aryl methyl sites for hydroxylation is 1. The first-order valence-corrected chi connectivity index (χ1v) is 9.06. The standard InChI is InChI=1S/C20H23ClN2O3/c1-14-5-8-18(19(11-14)25-2)26-13-20(24)22-16-12-15(21)6-7-17(16)23-9-3-4-10-23/h5-8,11-12H,3-4,9-10,13H2,1-2H3,(H,22,24). The second-order valence-corrected chi connectivity index (χ2v) is 6.78. The number of carbonyl (C=O) groups excluding carboxylic acids is 1. The van der Waals surface area contributed by atoms with Crippen LogP contribution < -0.4 is 19.7 Å². The number of nitrogens with zero attached hydrogens (tertiary/aromatic N) is 1. The number of nitrogens with one attached hydrogen (secondary N) is 1. The smallest absolute Gasteiger partial charge is 0.262 e. The van der Waals surface area contributed by atoms with E-state index in [0.717, 1.165) is 37.2 Å². The van der Waals surface area contributed by atoms with Crippen LogP contribution in [-0.4, -0.2) is 32.7 Å². The van der Waals surface area contributed by atoms with Crippen LogP contribution in [0.2, 0.25) is 5.02 Å². The van der Waals surface area contributed by atoms with Crippen molar-refractivity contribution in [3.05, 3.63) is 47.0 Å². The first-order chi connectivity index (χ1) is 12.6. The van der Waals surface area contributed by atoms with E-state index in [4.69, 9.17) is 21.1 Å². The minimum absolute atomic E-state index is 0.106. The van der Waals surface area contributed by atoms with E-state index in [2.05, 4.69) is 10.2 Å². The Morgan fingerprint density at radius 1 is 1.15 bits per heavy atom. The predicted molar refractivity (Wildman–Crippen MR) is 105 cm³/mol. The van der Waals surface area contributed by atoms with E-state index in [-0.39, 0.29) is 12.5 Å². The first kappa shape index (κ1) is 18.4. The van der Waals surface area contributed by atoms with Crippen LogP contribution in [-0.2, 0) is 4.79 Å². The van der Waals surface area contributed by atoms with Crippen molar-refractivity contribution >= 4 is 28.9 Å². The van der Waals surface area contributed by atoms with Crippen LogP contribution in [0.4, 0.5) is 11.4 Å². The van der Waals surface area contributed by atoms with Crippen molar-refractivity contribution in [2.75, 3.05) is 37.0 Å². The molecule has 138 valence electrons. The molecule has 0 atom stereocenters. The Hall–Kier alpha value is -2.40. The Bertz CT molecular complexity index is 789. The van der Waals surface area contributed by atoms with Crippen LogP contribution in [0.15, 0.2) is 36.4 Å². The molecule has 0 unspecified atom stereocenters. The summed E-state index contributed by atoms with van der Waals surface area (Å²) < 4.78 is 10.9. The SMILES string of the molecule is COc1cc(C)ccc1OCC(=O)Nc1cc(Cl)ccc1N1CCCC1. The van der Waals surface area contributed by atoms with Gasteiger partial charge in [-0.1, -0.05) is 17.7 Å². The van der Waals surface area contributed by atoms with Gasteiger partial charge in [0, 0.05) is 18.1 Å². The molecular formula is C20H23ClN2O3. The highest BCUT2D eigenvalue weighted by Crippen LogP contribution is 2.32. The van der Waals surface area contributed by atoms with Gasteiger partial charge in [0.15, 0.2) is 18.1 Å². The summed E-state index contributed by atoms with van der Waals surface area (Å²) in [5.74, 6) is 0.910. The zero-order valence-corrected chi connectivity index (χ0v) is 15.8. The fraction of sp³-hybridized carbons (Fsp3) is 0.350. The lowest BCUT2D eigenvalue weighted by molar-refractivity contribution is -0.118. The van der Waals surface area contributed by atoms with Crippen molar-refractivity contribution in [3.63, 3.8) is 0 Å². The summed E-state index contributed by atoms with van der Waals surface area (Å²) in [6, 6.07) is 11.2. The fourth-order valence-electron chi connectivity index (χ4n) is 3.07. The van der Waals surface area contributed by atoms with Crippen molar-refractivity contribution in [3.8, 4) is 11.5 Å². The molecule has 3 rings (SSSR count). The topological polar surface area (TPSA) is 50.8 Å². The van der Waals surface area contributed by atoms with Gasteiger partial charge >= 0.3 is 0 Å². The highest BCUT2D eigenvalue weighted by molar-refractivity contribution is 6.31. The number of hydrogen-bond acceptors (Lipinski definition) is 4. The Balaban J connectivity index is 1.68. The molecule has 0 radical (unpaired) electrons. The van der Waals surface area contributed by atoms with Gasteiger partial charge in [-0.15, -0.1) is 0 Å². The van der Waals surface area contributed by atoms with Gasteiger partial charge in [0.05, 0.1) is 18.5 Å². The van der Waals surface area contributed by atoms with E-state index in [0.29, 0.717) is 22.2 Å². The van der Waals surface area contributed by atoms with Crippen LogP contribution in [0.25, 0.3) is 0 Å². The number of halogens is 1. The van der Waals surface area contributed by atoms with Crippen molar-refractivity contribution in [1.29, 1.82) is 0 Å². The second-order valence-electron chi connectivity index (χ2n) is 6.35. The number of anilines is 2. The minimum Gasteiger partial charge on any atom is -0.493 e. The Labute approximate surface area is 158 Å². The summed E-state index contributed by atoms with van der Waals surface area (Å²) in [5, 5.41) is 3.50. The summed E-state index contributed by atoms with van der Waals surface area (Å²) >= 11 is 6.12. The van der Waals surface area contributed by atoms with Crippen LogP contribution >= 0.6 is 11.6 Å². The lowest BCUT2D eigenvalue weighted by Crippen LogP contribution is -2.24. The molecule has 1 fully saturated rings. The molecule has 0 aliphatic carbocycles. The summed E-state index contributed by atoms with van der Waals surface area (Å²) in [6.07, 6.45) is 2.32. The Kier molecular flexibility index (Phi) is 5.89. The maximum absolute atomic E-state index is 12.4. The Morgan fingerprint density at radius 2 is 1.92 bits per heavy atom. The largest absolute Gasteiger partial charge is 0.493 e. The van der Waals surface area contributed by atoms with Crippen LogP contribution in [0.5, 0.6) is 11.5 Å². The number of benzene rings is 2. The molecule has 1 saturated heterocycles. The molecule has 0 bridgehead atoms. The van der Waals surface area contributed by atoms with E-state index < -0.39 is 0 Å². The number of methoxy groups -OCH3 is 1. The average Bonchev–Trinajstić information content (AvgIpc) is 3.15. The molecule has 26 heavy (non-hydrogen) atoms. The van der Waals surface area contributed by atoms with Crippen molar-refractivity contribution in [1.82, 2.24) is 0 Å². The molecule has 1 amide bonds. The summed E-state index contributed by atoms with van der Waals surface area (Å²) in [7, 11) is 1.58. The van der Waals surface area contributed by atoms with Gasteiger partial charge in [0.1, 0.15) is 0 Å². The van der Waals surface area contributed by atoms with Gasteiger partial charge in [0.2, 0.25) is 0 Å². The van der Waals surface area contributed by atoms with Crippen LogP contribution in [0.3, 0.4) is 0 Å². The molecule has 1 aliphatic rings. The molecule has 1 N–H and O–H groups in total. The molecular weight excluding hydrogens is 352 g/mol. The molecule has 0 saturated carbocycles. The van der Waals surface area contributed by atoms with Gasteiger partial charge in [-0.2, -0.15) is 0 Å². The van der Waals surface area contributed by atoms with E-state index in [1.807, 2.05) is 31.2 Å². The van der Waals surface area contributed by atoms with E-state index in [1.165, 1.54) is 0 Å². The highest BCUT2D eigenvalue weighted by atomic mass is 35.5. The van der Waals surface area contributed by atoms with Gasteiger partial charge in [-0.05, 0) is 55.7 Å². The molecule has 5 nitrogen and oxygen atoms in total. The third-order valence-corrected chi connectivity index (χ3v) is 4.59. The normalized spacial score (nSPS) is 13.6. The minimum atomic E-state index is -0.240. The number of amides is 1. The lowest BCUT2D eigenvalue weighted by Gasteiger charge is -2.22. The van der Waals surface area contributed by atoms with Gasteiger partial charge in [0.25, 0.3) is 5.91 Å². The van der Waals surface area contributed by atoms with Gasteiger partial charge in [-0.25, -0.2) is 0 Å². The van der Waals surface area contributed by atoms with Crippen molar-refractivity contribution in [2.45, 2.75) is 19.8 Å². The molecule has 0 aromatic heterocycles. The van der Waals surface area contributed by atoms with Gasteiger partial charge in [-0.3, -0.25) is 4.79 Å². The zero-order chi connectivity index (χ0) is 18.5. The molecule has 2 aromatic carbocycles. The first-order valence-electron chi connectivity index (χ1n) is 8.68. The summed E-state index contributed by atoms with van der Waals surface area (Å²) in [4.78, 5) is 14.7. The van der Waals surface area contributed by atoms with Crippen LogP contribution in [0.1, 0.15) is 18.4 Å².